The van der Waals surface area contributed by atoms with Crippen molar-refractivity contribution in [3.8, 4) is 0 Å². The fourth-order valence-electron chi connectivity index (χ4n) is 0.927. The van der Waals surface area contributed by atoms with E-state index >= 15 is 0 Å². The number of rotatable bonds is 8. The Kier molecular flexibility index (Phi) is 8.81. The molecule has 0 aromatic rings. The van der Waals surface area contributed by atoms with E-state index in [-0.39, 0.29) is 19.3 Å². The first-order valence-electron chi connectivity index (χ1n) is 4.49. The molecule has 1 unspecified atom stereocenters. The third-order valence-electron chi connectivity index (χ3n) is 1.70. The summed E-state index contributed by atoms with van der Waals surface area (Å²) in [5.74, 6) is 0. The molecule has 0 fully saturated rings. The van der Waals surface area contributed by atoms with Crippen LogP contribution in [-0.4, -0.2) is 42.6 Å². The van der Waals surface area contributed by atoms with Gasteiger partial charge in [0, 0.05) is 19.3 Å². The number of aliphatic hydroxyl groups is 2. The standard InChI is InChI=1S/C8H20N2O2/c9-8(3-7-12)2-5-10-4-1-6-11/h8,10-12H,1-7,9H2. The lowest BCUT2D eigenvalue weighted by atomic mass is 10.1. The van der Waals surface area contributed by atoms with Gasteiger partial charge in [-0.05, 0) is 32.4 Å². The van der Waals surface area contributed by atoms with Crippen LogP contribution in [0.5, 0.6) is 0 Å². The molecular weight excluding hydrogens is 156 g/mol. The van der Waals surface area contributed by atoms with E-state index in [1.807, 2.05) is 0 Å². The van der Waals surface area contributed by atoms with Crippen LogP contribution in [0.1, 0.15) is 19.3 Å². The maximum absolute atomic E-state index is 8.54. The summed E-state index contributed by atoms with van der Waals surface area (Å²) in [5.41, 5.74) is 5.65. The largest absolute Gasteiger partial charge is 0.396 e. The van der Waals surface area contributed by atoms with E-state index in [4.69, 9.17) is 15.9 Å². The Morgan fingerprint density at radius 1 is 1.08 bits per heavy atom. The number of hydrogen-bond acceptors (Lipinski definition) is 4. The topological polar surface area (TPSA) is 78.5 Å². The monoisotopic (exact) mass is 176 g/mol. The van der Waals surface area contributed by atoms with Crippen LogP contribution in [-0.2, 0) is 0 Å². The molecule has 0 heterocycles. The molecule has 4 heteroatoms. The lowest BCUT2D eigenvalue weighted by molar-refractivity contribution is 0.271. The van der Waals surface area contributed by atoms with Crippen molar-refractivity contribution in [1.29, 1.82) is 0 Å². The Bertz CT molecular complexity index is 91.1. The minimum atomic E-state index is 0.0941. The minimum absolute atomic E-state index is 0.0941. The van der Waals surface area contributed by atoms with E-state index in [2.05, 4.69) is 5.32 Å². The molecule has 0 aromatic heterocycles. The SMILES string of the molecule is NC(CCO)CCNCCCO. The van der Waals surface area contributed by atoms with Gasteiger partial charge in [-0.1, -0.05) is 0 Å². The number of nitrogens with one attached hydrogen (secondary N) is 1. The summed E-state index contributed by atoms with van der Waals surface area (Å²) in [5, 5.41) is 20.2. The number of aliphatic hydroxyl groups excluding tert-OH is 2. The van der Waals surface area contributed by atoms with Gasteiger partial charge in [-0.15, -0.1) is 0 Å². The van der Waals surface area contributed by atoms with Gasteiger partial charge in [0.25, 0.3) is 0 Å². The summed E-state index contributed by atoms with van der Waals surface area (Å²) < 4.78 is 0. The summed E-state index contributed by atoms with van der Waals surface area (Å²) in [4.78, 5) is 0. The van der Waals surface area contributed by atoms with Crippen LogP contribution in [0.3, 0.4) is 0 Å². The Morgan fingerprint density at radius 2 is 1.83 bits per heavy atom. The van der Waals surface area contributed by atoms with Gasteiger partial charge in [-0.25, -0.2) is 0 Å². The molecule has 4 nitrogen and oxygen atoms in total. The molecule has 0 rings (SSSR count). The van der Waals surface area contributed by atoms with E-state index in [0.29, 0.717) is 6.42 Å². The minimum Gasteiger partial charge on any atom is -0.396 e. The maximum atomic E-state index is 8.54. The Morgan fingerprint density at radius 3 is 2.42 bits per heavy atom. The lowest BCUT2D eigenvalue weighted by Crippen LogP contribution is -2.28. The number of nitrogens with two attached hydrogens (primary N) is 1. The molecule has 74 valence electrons. The fourth-order valence-corrected chi connectivity index (χ4v) is 0.927. The van der Waals surface area contributed by atoms with Gasteiger partial charge in [0.15, 0.2) is 0 Å². The van der Waals surface area contributed by atoms with Crippen molar-refractivity contribution in [2.24, 2.45) is 5.73 Å². The van der Waals surface area contributed by atoms with E-state index < -0.39 is 0 Å². The van der Waals surface area contributed by atoms with Crippen molar-refractivity contribution in [1.82, 2.24) is 5.32 Å². The Labute approximate surface area is 73.8 Å². The average Bonchev–Trinajstić information content (AvgIpc) is 2.05. The highest BCUT2D eigenvalue weighted by atomic mass is 16.3. The molecule has 0 aliphatic rings. The molecule has 0 saturated heterocycles. The fraction of sp³-hybridized carbons (Fsp3) is 1.00. The van der Waals surface area contributed by atoms with E-state index in [0.717, 1.165) is 25.9 Å². The van der Waals surface area contributed by atoms with Gasteiger partial charge < -0.3 is 21.3 Å². The first-order chi connectivity index (χ1) is 5.81. The van der Waals surface area contributed by atoms with Crippen molar-refractivity contribution < 1.29 is 10.2 Å². The summed E-state index contributed by atoms with van der Waals surface area (Å²) in [6.45, 7) is 2.09. The van der Waals surface area contributed by atoms with E-state index in [1.165, 1.54) is 0 Å². The average molecular weight is 176 g/mol. The van der Waals surface area contributed by atoms with E-state index in [1.54, 1.807) is 0 Å². The number of hydrogen-bond donors (Lipinski definition) is 4. The zero-order chi connectivity index (χ0) is 9.23. The van der Waals surface area contributed by atoms with Crippen LogP contribution in [0.25, 0.3) is 0 Å². The molecule has 0 saturated carbocycles. The van der Waals surface area contributed by atoms with Crippen LogP contribution in [0.15, 0.2) is 0 Å². The highest BCUT2D eigenvalue weighted by Gasteiger charge is 1.99. The molecule has 0 aliphatic heterocycles. The lowest BCUT2D eigenvalue weighted by Gasteiger charge is -2.09. The second kappa shape index (κ2) is 8.93. The molecule has 0 aliphatic carbocycles. The maximum Gasteiger partial charge on any atom is 0.0445 e. The first kappa shape index (κ1) is 11.8. The molecule has 0 spiro atoms. The third-order valence-corrected chi connectivity index (χ3v) is 1.70. The van der Waals surface area contributed by atoms with Crippen molar-refractivity contribution in [2.45, 2.75) is 25.3 Å². The summed E-state index contributed by atoms with van der Waals surface area (Å²) in [6, 6.07) is 0.0941. The van der Waals surface area contributed by atoms with Crippen LogP contribution < -0.4 is 11.1 Å². The molecule has 0 radical (unpaired) electrons. The molecule has 0 bridgehead atoms. The van der Waals surface area contributed by atoms with Crippen LogP contribution in [0.4, 0.5) is 0 Å². The second-order valence-corrected chi connectivity index (χ2v) is 2.89. The predicted octanol–water partition coefficient (Wildman–Crippen LogP) is -0.942. The van der Waals surface area contributed by atoms with E-state index in [9.17, 15) is 0 Å². The van der Waals surface area contributed by atoms with Gasteiger partial charge in [-0.3, -0.25) is 0 Å². The zero-order valence-electron chi connectivity index (χ0n) is 7.50. The second-order valence-electron chi connectivity index (χ2n) is 2.89. The predicted molar refractivity (Wildman–Crippen MR) is 48.9 cm³/mol. The molecule has 1 atom stereocenters. The summed E-state index contributed by atoms with van der Waals surface area (Å²) in [6.07, 6.45) is 2.34. The van der Waals surface area contributed by atoms with Gasteiger partial charge in [0.2, 0.25) is 0 Å². The van der Waals surface area contributed by atoms with Crippen LogP contribution in [0, 0.1) is 0 Å². The van der Waals surface area contributed by atoms with Crippen molar-refractivity contribution in [2.75, 3.05) is 26.3 Å². The highest BCUT2D eigenvalue weighted by molar-refractivity contribution is 4.61. The normalized spacial score (nSPS) is 13.2. The smallest absolute Gasteiger partial charge is 0.0445 e. The highest BCUT2D eigenvalue weighted by Crippen LogP contribution is 1.91. The van der Waals surface area contributed by atoms with Crippen LogP contribution >= 0.6 is 0 Å². The first-order valence-corrected chi connectivity index (χ1v) is 4.49. The van der Waals surface area contributed by atoms with Crippen molar-refractivity contribution >= 4 is 0 Å². The molecule has 5 N–H and O–H groups in total. The molecule has 12 heavy (non-hydrogen) atoms. The van der Waals surface area contributed by atoms with Gasteiger partial charge in [0.1, 0.15) is 0 Å². The quantitative estimate of drug-likeness (QED) is 0.360. The van der Waals surface area contributed by atoms with Gasteiger partial charge in [-0.2, -0.15) is 0 Å². The molecular formula is C8H20N2O2. The van der Waals surface area contributed by atoms with Gasteiger partial charge in [0.05, 0.1) is 0 Å². The van der Waals surface area contributed by atoms with Crippen molar-refractivity contribution in [3.05, 3.63) is 0 Å². The summed E-state index contributed by atoms with van der Waals surface area (Å²) in [7, 11) is 0. The third kappa shape index (κ3) is 7.94. The molecule has 0 aromatic carbocycles. The Balaban J connectivity index is 2.97. The Hall–Kier alpha value is -0.160. The van der Waals surface area contributed by atoms with Crippen LogP contribution in [0.2, 0.25) is 0 Å². The van der Waals surface area contributed by atoms with Crippen molar-refractivity contribution in [3.63, 3.8) is 0 Å². The molecule has 0 amide bonds. The zero-order valence-corrected chi connectivity index (χ0v) is 7.50. The van der Waals surface area contributed by atoms with Gasteiger partial charge >= 0.3 is 0 Å². The summed E-state index contributed by atoms with van der Waals surface area (Å²) >= 11 is 0.